The van der Waals surface area contributed by atoms with Gasteiger partial charge in [0, 0.05) is 22.9 Å². The highest BCUT2D eigenvalue weighted by Gasteiger charge is 2.25. The van der Waals surface area contributed by atoms with Crippen LogP contribution < -0.4 is 0 Å². The van der Waals surface area contributed by atoms with Crippen LogP contribution in [0.15, 0.2) is 23.2 Å². The molecule has 0 aliphatic carbocycles. The van der Waals surface area contributed by atoms with E-state index >= 15 is 0 Å². The molecule has 3 unspecified atom stereocenters. The van der Waals surface area contributed by atoms with Crippen molar-refractivity contribution < 1.29 is 9.84 Å². The van der Waals surface area contributed by atoms with Crippen LogP contribution in [-0.2, 0) is 4.74 Å². The van der Waals surface area contributed by atoms with E-state index in [0.29, 0.717) is 11.4 Å². The van der Waals surface area contributed by atoms with Crippen molar-refractivity contribution in [3.63, 3.8) is 0 Å². The zero-order valence-corrected chi connectivity index (χ0v) is 10.4. The molecule has 1 aliphatic heterocycles. The van der Waals surface area contributed by atoms with Crippen molar-refractivity contribution in [1.82, 2.24) is 4.98 Å². The van der Waals surface area contributed by atoms with Gasteiger partial charge < -0.3 is 9.84 Å². The predicted molar refractivity (Wildman–Crippen MR) is 64.5 cm³/mol. The molecular formula is C12H17NO2S. The van der Waals surface area contributed by atoms with Gasteiger partial charge in [-0.3, -0.25) is 4.98 Å². The van der Waals surface area contributed by atoms with E-state index in [4.69, 9.17) is 4.74 Å². The van der Waals surface area contributed by atoms with Crippen LogP contribution >= 0.6 is 11.8 Å². The molecule has 4 heteroatoms. The van der Waals surface area contributed by atoms with Crippen LogP contribution in [0.4, 0.5) is 0 Å². The maximum atomic E-state index is 9.35. The van der Waals surface area contributed by atoms with Crippen molar-refractivity contribution in [3.8, 4) is 0 Å². The van der Waals surface area contributed by atoms with E-state index in [-0.39, 0.29) is 0 Å². The van der Waals surface area contributed by atoms with E-state index in [2.05, 4.69) is 11.9 Å². The molecule has 0 saturated carbocycles. The fourth-order valence-corrected chi connectivity index (χ4v) is 2.84. The molecule has 0 spiro atoms. The second kappa shape index (κ2) is 5.17. The molecule has 1 aromatic heterocycles. The lowest BCUT2D eigenvalue weighted by molar-refractivity contribution is 0.127. The van der Waals surface area contributed by atoms with E-state index in [0.717, 1.165) is 23.6 Å². The lowest BCUT2D eigenvalue weighted by atomic mass is 10.2. The van der Waals surface area contributed by atoms with Crippen LogP contribution in [0.25, 0.3) is 0 Å². The molecule has 0 bridgehead atoms. The van der Waals surface area contributed by atoms with E-state index in [1.807, 2.05) is 30.1 Å². The Hall–Kier alpha value is -0.580. The van der Waals surface area contributed by atoms with Crippen molar-refractivity contribution >= 4 is 11.8 Å². The minimum Gasteiger partial charge on any atom is -0.387 e. The summed E-state index contributed by atoms with van der Waals surface area (Å²) in [5, 5.41) is 9.88. The van der Waals surface area contributed by atoms with Crippen LogP contribution in [0.1, 0.15) is 32.1 Å². The zero-order chi connectivity index (χ0) is 11.5. The number of aromatic nitrogens is 1. The lowest BCUT2D eigenvalue weighted by Gasteiger charge is -2.13. The number of hydrogen-bond donors (Lipinski definition) is 1. The Morgan fingerprint density at radius 1 is 1.56 bits per heavy atom. The molecular weight excluding hydrogens is 222 g/mol. The normalized spacial score (nSPS) is 26.9. The smallest absolute Gasteiger partial charge is 0.0931 e. The first-order chi connectivity index (χ1) is 7.66. The average Bonchev–Trinajstić information content (AvgIpc) is 2.65. The predicted octanol–water partition coefficient (Wildman–Crippen LogP) is 2.40. The molecule has 3 atom stereocenters. The molecule has 0 amide bonds. The molecule has 16 heavy (non-hydrogen) atoms. The Bertz CT molecular complexity index is 339. The SMILES string of the molecule is CC(O)c1ccc(SC2CCOC2C)cn1. The molecule has 0 aromatic carbocycles. The molecule has 88 valence electrons. The number of aliphatic hydroxyl groups is 1. The monoisotopic (exact) mass is 239 g/mol. The summed E-state index contributed by atoms with van der Waals surface area (Å²) in [6, 6.07) is 3.90. The third-order valence-electron chi connectivity index (χ3n) is 2.78. The van der Waals surface area contributed by atoms with Gasteiger partial charge in [-0.15, -0.1) is 11.8 Å². The largest absolute Gasteiger partial charge is 0.387 e. The molecule has 2 heterocycles. The van der Waals surface area contributed by atoms with Gasteiger partial charge in [-0.25, -0.2) is 0 Å². The van der Waals surface area contributed by atoms with E-state index < -0.39 is 6.10 Å². The molecule has 1 N–H and O–H groups in total. The van der Waals surface area contributed by atoms with Crippen molar-refractivity contribution in [1.29, 1.82) is 0 Å². The molecule has 1 saturated heterocycles. The van der Waals surface area contributed by atoms with Gasteiger partial charge in [-0.1, -0.05) is 0 Å². The van der Waals surface area contributed by atoms with Gasteiger partial charge in [-0.2, -0.15) is 0 Å². The van der Waals surface area contributed by atoms with Crippen LogP contribution in [0.5, 0.6) is 0 Å². The van der Waals surface area contributed by atoms with Crippen molar-refractivity contribution in [2.75, 3.05) is 6.61 Å². The molecule has 1 fully saturated rings. The molecule has 0 radical (unpaired) electrons. The fraction of sp³-hybridized carbons (Fsp3) is 0.583. The maximum Gasteiger partial charge on any atom is 0.0931 e. The third kappa shape index (κ3) is 2.75. The highest BCUT2D eigenvalue weighted by molar-refractivity contribution is 8.00. The Labute approximate surface area is 100 Å². The van der Waals surface area contributed by atoms with E-state index in [9.17, 15) is 5.11 Å². The number of thioether (sulfide) groups is 1. The summed E-state index contributed by atoms with van der Waals surface area (Å²) >= 11 is 1.81. The summed E-state index contributed by atoms with van der Waals surface area (Å²) in [6.07, 6.45) is 2.76. The maximum absolute atomic E-state index is 9.35. The van der Waals surface area contributed by atoms with Gasteiger partial charge >= 0.3 is 0 Å². The first-order valence-corrected chi connectivity index (χ1v) is 6.47. The van der Waals surface area contributed by atoms with Crippen LogP contribution in [0.2, 0.25) is 0 Å². The Balaban J connectivity index is 1.99. The fourth-order valence-electron chi connectivity index (χ4n) is 1.75. The Morgan fingerprint density at radius 2 is 2.38 bits per heavy atom. The molecule has 1 aliphatic rings. The molecule has 3 nitrogen and oxygen atoms in total. The number of aliphatic hydroxyl groups excluding tert-OH is 1. The second-order valence-corrected chi connectivity index (χ2v) is 5.43. The summed E-state index contributed by atoms with van der Waals surface area (Å²) in [7, 11) is 0. The average molecular weight is 239 g/mol. The van der Waals surface area contributed by atoms with Crippen LogP contribution in [-0.4, -0.2) is 28.1 Å². The molecule has 1 aromatic rings. The van der Waals surface area contributed by atoms with Gasteiger partial charge in [0.05, 0.1) is 17.9 Å². The summed E-state index contributed by atoms with van der Waals surface area (Å²) in [6.45, 7) is 4.70. The standard InChI is InChI=1S/C12H17NO2S/c1-8(14)11-4-3-10(7-13-11)16-12-5-6-15-9(12)2/h3-4,7-9,12,14H,5-6H2,1-2H3. The van der Waals surface area contributed by atoms with Crippen molar-refractivity contribution in [3.05, 3.63) is 24.0 Å². The highest BCUT2D eigenvalue weighted by Crippen LogP contribution is 2.32. The van der Waals surface area contributed by atoms with Crippen LogP contribution in [0, 0.1) is 0 Å². The second-order valence-electron chi connectivity index (χ2n) is 4.12. The number of rotatable bonds is 3. The third-order valence-corrected chi connectivity index (χ3v) is 4.22. The quantitative estimate of drug-likeness (QED) is 0.879. The summed E-state index contributed by atoms with van der Waals surface area (Å²) < 4.78 is 5.52. The van der Waals surface area contributed by atoms with Crippen molar-refractivity contribution in [2.45, 2.75) is 42.6 Å². The van der Waals surface area contributed by atoms with E-state index in [1.54, 1.807) is 6.92 Å². The summed E-state index contributed by atoms with van der Waals surface area (Å²) in [5.74, 6) is 0. The molecule has 2 rings (SSSR count). The minimum absolute atomic E-state index is 0.321. The number of nitrogens with zero attached hydrogens (tertiary/aromatic N) is 1. The Morgan fingerprint density at radius 3 is 2.88 bits per heavy atom. The first kappa shape index (κ1) is 11.9. The summed E-state index contributed by atoms with van der Waals surface area (Å²) in [4.78, 5) is 5.38. The zero-order valence-electron chi connectivity index (χ0n) is 9.59. The van der Waals surface area contributed by atoms with Crippen LogP contribution in [0.3, 0.4) is 0 Å². The number of pyridine rings is 1. The van der Waals surface area contributed by atoms with Gasteiger partial charge in [0.25, 0.3) is 0 Å². The summed E-state index contributed by atoms with van der Waals surface area (Å²) in [5.41, 5.74) is 0.722. The van der Waals surface area contributed by atoms with Gasteiger partial charge in [0.2, 0.25) is 0 Å². The van der Waals surface area contributed by atoms with Crippen molar-refractivity contribution in [2.24, 2.45) is 0 Å². The minimum atomic E-state index is -0.493. The first-order valence-electron chi connectivity index (χ1n) is 5.59. The highest BCUT2D eigenvalue weighted by atomic mass is 32.2. The topological polar surface area (TPSA) is 42.4 Å². The van der Waals surface area contributed by atoms with Gasteiger partial charge in [0.15, 0.2) is 0 Å². The number of ether oxygens (including phenoxy) is 1. The van der Waals surface area contributed by atoms with Gasteiger partial charge in [0.1, 0.15) is 0 Å². The Kier molecular flexibility index (Phi) is 3.84. The van der Waals surface area contributed by atoms with E-state index in [1.165, 1.54) is 0 Å². The lowest BCUT2D eigenvalue weighted by Crippen LogP contribution is -2.13. The van der Waals surface area contributed by atoms with Gasteiger partial charge in [-0.05, 0) is 32.4 Å². The number of hydrogen-bond acceptors (Lipinski definition) is 4.